The Bertz CT molecular complexity index is 2110. The van der Waals surface area contributed by atoms with E-state index in [9.17, 15) is 55.2 Å². The molecule has 0 aromatic heterocycles. The predicted octanol–water partition coefficient (Wildman–Crippen LogP) is 2.82. The molecule has 3 aromatic carbocycles. The maximum atomic E-state index is 14.0. The van der Waals surface area contributed by atoms with Crippen LogP contribution in [-0.4, -0.2) is 101 Å². The number of aromatic hydroxyl groups is 4. The number of nitrogens with one attached hydrogen (secondary N) is 1. The molecule has 55 heavy (non-hydrogen) atoms. The highest BCUT2D eigenvalue weighted by Crippen LogP contribution is 2.63. The summed E-state index contributed by atoms with van der Waals surface area (Å²) in [6.45, 7) is 1.55. The summed E-state index contributed by atoms with van der Waals surface area (Å²) in [6.07, 6.45) is 2.65. The van der Waals surface area contributed by atoms with Crippen LogP contribution in [0.5, 0.6) is 23.0 Å². The zero-order valence-electron chi connectivity index (χ0n) is 29.7. The van der Waals surface area contributed by atoms with Crippen molar-refractivity contribution in [3.8, 4) is 23.0 Å². The molecule has 2 heterocycles. The number of aliphatic carboxylic acids is 1. The summed E-state index contributed by atoms with van der Waals surface area (Å²) in [4.78, 5) is 41.2. The molecule has 0 radical (unpaired) electrons. The van der Waals surface area contributed by atoms with Gasteiger partial charge in [-0.2, -0.15) is 0 Å². The zero-order valence-corrected chi connectivity index (χ0v) is 29.7. The number of esters is 2. The van der Waals surface area contributed by atoms with Gasteiger partial charge in [0, 0.05) is 24.5 Å². The molecular weight excluding hydrogens is 718 g/mol. The van der Waals surface area contributed by atoms with E-state index in [0.717, 1.165) is 29.8 Å². The lowest BCUT2D eigenvalue weighted by molar-refractivity contribution is -0.387. The number of phenols is 4. The van der Waals surface area contributed by atoms with Gasteiger partial charge in [-0.05, 0) is 84.6 Å². The number of carbonyl (C=O) groups excluding carboxylic acids is 2. The monoisotopic (exact) mass is 759 g/mol. The zero-order chi connectivity index (χ0) is 39.9. The van der Waals surface area contributed by atoms with Crippen molar-refractivity contribution in [2.75, 3.05) is 13.7 Å². The Kier molecular flexibility index (Phi) is 10.2. The number of likely N-dealkylation sites (N-methyl/N-ethyl adjacent to an activating group) is 1. The van der Waals surface area contributed by atoms with E-state index in [-0.39, 0.29) is 24.2 Å². The van der Waals surface area contributed by atoms with Crippen molar-refractivity contribution in [2.45, 2.75) is 54.8 Å². The second-order valence-electron chi connectivity index (χ2n) is 13.9. The fourth-order valence-electron chi connectivity index (χ4n) is 8.03. The third-order valence-corrected chi connectivity index (χ3v) is 10.8. The lowest BCUT2D eigenvalue weighted by Crippen LogP contribution is -2.90. The molecule has 15 nitrogen and oxygen atoms in total. The number of benzene rings is 3. The van der Waals surface area contributed by atoms with Crippen molar-refractivity contribution in [3.63, 3.8) is 0 Å². The van der Waals surface area contributed by atoms with Crippen LogP contribution in [-0.2, 0) is 41.4 Å². The van der Waals surface area contributed by atoms with Gasteiger partial charge in [0.2, 0.25) is 5.60 Å². The molecule has 4 aliphatic rings. The van der Waals surface area contributed by atoms with Crippen molar-refractivity contribution in [1.82, 2.24) is 5.32 Å². The van der Waals surface area contributed by atoms with E-state index in [0.29, 0.717) is 12.0 Å². The summed E-state index contributed by atoms with van der Waals surface area (Å²) in [5, 5.41) is 89.7. The second kappa shape index (κ2) is 14.4. The van der Waals surface area contributed by atoms with Crippen LogP contribution in [0.3, 0.4) is 0 Å². The molecule has 0 amide bonds. The second-order valence-corrected chi connectivity index (χ2v) is 13.9. The molecule has 2 aliphatic heterocycles. The fraction of sp³-hybridized carbons (Fsp3) is 0.325. The van der Waals surface area contributed by atoms with E-state index < -0.39 is 93.6 Å². The van der Waals surface area contributed by atoms with Crippen LogP contribution >= 0.6 is 0 Å². The van der Waals surface area contributed by atoms with E-state index in [1.807, 2.05) is 13.0 Å². The number of hydrogen-bond acceptors (Lipinski definition) is 14. The first-order valence-corrected chi connectivity index (χ1v) is 17.4. The van der Waals surface area contributed by atoms with E-state index >= 15 is 0 Å². The Morgan fingerprint density at radius 3 is 2.00 bits per heavy atom. The minimum atomic E-state index is -2.87. The molecule has 2 aliphatic carbocycles. The molecule has 7 atom stereocenters. The van der Waals surface area contributed by atoms with Gasteiger partial charge < -0.3 is 55.1 Å². The first-order chi connectivity index (χ1) is 26.0. The molecule has 0 unspecified atom stereocenters. The van der Waals surface area contributed by atoms with E-state index in [1.165, 1.54) is 49.5 Å². The van der Waals surface area contributed by atoms with Crippen LogP contribution in [0.2, 0.25) is 0 Å². The summed E-state index contributed by atoms with van der Waals surface area (Å²) in [5.74, 6) is -9.53. The summed E-state index contributed by atoms with van der Waals surface area (Å²) < 4.78 is 18.4. The highest BCUT2D eigenvalue weighted by atomic mass is 16.6. The third-order valence-electron chi connectivity index (χ3n) is 10.8. The van der Waals surface area contributed by atoms with Gasteiger partial charge in [-0.25, -0.2) is 14.4 Å². The molecule has 1 saturated carbocycles. The Morgan fingerprint density at radius 1 is 0.855 bits per heavy atom. The normalized spacial score (nSPS) is 29.8. The van der Waals surface area contributed by atoms with E-state index in [2.05, 4.69) is 5.32 Å². The number of aliphatic hydroxyl groups excluding tert-OH is 1. The standard InChI is InChI=1S/C40H41NO14/c1-3-22-5-4-6-25(15-22)16-27-35(54-33(47)13-9-23-7-11-28(42)30(44)17-23)39(55-34(48)14-10-24-8-12-29(43)31(45)18-24)38(21-37(27,51)36(49)50)32(46)19-26(20-53-38)40(39,52)41-2/h4-15,17-19,26-27,35,41-46,51-52H,3,16,20-21H2,1-2H3,(H,49,50)/t26-,27-,35+,37+,38-,39-,40-/m0/s1. The quantitative estimate of drug-likeness (QED) is 0.0590. The lowest BCUT2D eigenvalue weighted by atomic mass is 9.49. The van der Waals surface area contributed by atoms with E-state index in [4.69, 9.17) is 14.2 Å². The summed E-state index contributed by atoms with van der Waals surface area (Å²) in [7, 11) is 1.32. The average molecular weight is 760 g/mol. The van der Waals surface area contributed by atoms with Crippen LogP contribution in [0, 0.1) is 11.8 Å². The number of carboxylic acid groups (broad SMARTS) is 1. The van der Waals surface area contributed by atoms with Gasteiger partial charge in [0.15, 0.2) is 46.0 Å². The highest BCUT2D eigenvalue weighted by Gasteiger charge is 2.85. The molecule has 3 aromatic rings. The molecule has 1 spiro atoms. The summed E-state index contributed by atoms with van der Waals surface area (Å²) >= 11 is 0. The molecular formula is C40H41NO14. The van der Waals surface area contributed by atoms with Gasteiger partial charge in [0.1, 0.15) is 5.76 Å². The average Bonchev–Trinajstić information content (AvgIpc) is 3.15. The number of carboxylic acids is 1. The van der Waals surface area contributed by atoms with Crippen molar-refractivity contribution in [1.29, 1.82) is 0 Å². The number of phenolic OH excluding ortho intramolecular Hbond substituents is 4. The smallest absolute Gasteiger partial charge is 0.336 e. The molecule has 1 saturated heterocycles. The van der Waals surface area contributed by atoms with Crippen LogP contribution in [0.1, 0.15) is 35.6 Å². The van der Waals surface area contributed by atoms with Crippen molar-refractivity contribution in [3.05, 3.63) is 107 Å². The minimum absolute atomic E-state index is 0.235. The maximum Gasteiger partial charge on any atom is 0.336 e. The van der Waals surface area contributed by atoms with Gasteiger partial charge in [0.25, 0.3) is 0 Å². The minimum Gasteiger partial charge on any atom is -0.509 e. The Labute approximate surface area is 314 Å². The van der Waals surface area contributed by atoms with Gasteiger partial charge in [0.05, 0.1) is 12.5 Å². The fourth-order valence-corrected chi connectivity index (χ4v) is 8.03. The number of aryl methyl sites for hydroxylation is 1. The lowest BCUT2D eigenvalue weighted by Gasteiger charge is -2.69. The Morgan fingerprint density at radius 2 is 1.45 bits per heavy atom. The van der Waals surface area contributed by atoms with Crippen molar-refractivity contribution in [2.24, 2.45) is 11.8 Å². The number of carbonyl (C=O) groups is 3. The Balaban J connectivity index is 1.56. The molecule has 9 N–H and O–H groups in total. The number of rotatable bonds is 11. The maximum absolute atomic E-state index is 14.0. The van der Waals surface area contributed by atoms with Crippen LogP contribution in [0.25, 0.3) is 12.2 Å². The third kappa shape index (κ3) is 6.44. The number of hydrogen-bond donors (Lipinski definition) is 9. The first-order valence-electron chi connectivity index (χ1n) is 17.4. The van der Waals surface area contributed by atoms with Gasteiger partial charge in [-0.3, -0.25) is 5.32 Å². The SMILES string of the molecule is CCc1cccc(C[C@H]2[C@@H](OC(=O)C=Cc3ccc(O)c(O)c3)[C@]3(OC(=O)C=Cc4ccc(O)c(O)c4)[C@@]4(C[C@]2(O)C(=O)O)OC[C@H](C=C4O)[C@@]3(O)NC)c1. The van der Waals surface area contributed by atoms with Crippen molar-refractivity contribution < 1.29 is 69.4 Å². The topological polar surface area (TPSA) is 253 Å². The molecule has 2 bridgehead atoms. The highest BCUT2D eigenvalue weighted by molar-refractivity contribution is 5.89. The predicted molar refractivity (Wildman–Crippen MR) is 193 cm³/mol. The summed E-state index contributed by atoms with van der Waals surface area (Å²) in [6, 6.07) is 14.4. The first kappa shape index (κ1) is 38.8. The van der Waals surface area contributed by atoms with Gasteiger partial charge >= 0.3 is 17.9 Å². The molecule has 15 heteroatoms. The van der Waals surface area contributed by atoms with Crippen LogP contribution in [0.4, 0.5) is 0 Å². The molecule has 7 rings (SSSR count). The van der Waals surface area contributed by atoms with Gasteiger partial charge in [-0.15, -0.1) is 0 Å². The number of fused-ring (bicyclic) bond motifs is 1. The van der Waals surface area contributed by atoms with Gasteiger partial charge in [-0.1, -0.05) is 43.3 Å². The van der Waals surface area contributed by atoms with E-state index in [1.54, 1.807) is 18.2 Å². The van der Waals surface area contributed by atoms with Crippen LogP contribution in [0.15, 0.2) is 84.7 Å². The van der Waals surface area contributed by atoms with Crippen molar-refractivity contribution >= 4 is 30.1 Å². The molecule has 290 valence electrons. The summed E-state index contributed by atoms with van der Waals surface area (Å²) in [5.41, 5.74) is -8.75. The number of aliphatic hydroxyl groups is 3. The Hall–Kier alpha value is -5.87. The largest absolute Gasteiger partial charge is 0.509 e. The number of ether oxygens (including phenoxy) is 3. The molecule has 2 fully saturated rings. The van der Waals surface area contributed by atoms with Crippen LogP contribution < -0.4 is 5.32 Å².